The second-order valence-corrected chi connectivity index (χ2v) is 39.2. The van der Waals surface area contributed by atoms with Gasteiger partial charge in [-0.05, 0) is 161 Å². The molecule has 11 fully saturated rings. The van der Waals surface area contributed by atoms with Gasteiger partial charge in [0.2, 0.25) is 5.79 Å². The van der Waals surface area contributed by atoms with Crippen LogP contribution in [0.5, 0.6) is 0 Å². The Morgan fingerprint density at radius 2 is 1.23 bits per heavy atom. The molecule has 11 saturated heterocycles. The first-order chi connectivity index (χ1) is 53.7. The molecule has 12 heterocycles. The zero-order valence-electron chi connectivity index (χ0n) is 73.0. The van der Waals surface area contributed by atoms with Gasteiger partial charge in [-0.15, -0.1) is 0 Å². The first-order valence-electron chi connectivity index (χ1n) is 44.1. The van der Waals surface area contributed by atoms with Crippen molar-refractivity contribution in [3.8, 4) is 0 Å². The van der Waals surface area contributed by atoms with Crippen molar-refractivity contribution in [3.05, 3.63) is 12.2 Å². The Morgan fingerprint density at radius 3 is 1.86 bits per heavy atom. The summed E-state index contributed by atoms with van der Waals surface area (Å²) >= 11 is 0. The van der Waals surface area contributed by atoms with E-state index in [9.17, 15) is 60.3 Å². The predicted octanol–water partition coefficient (Wildman–Crippen LogP) is 10.5. The maximum atomic E-state index is 14.5. The van der Waals surface area contributed by atoms with Crippen LogP contribution in [0.3, 0.4) is 0 Å². The minimum absolute atomic E-state index is 0.00446. The predicted molar refractivity (Wildman–Crippen MR) is 420 cm³/mol. The number of methoxy groups -OCH3 is 2. The highest BCUT2D eigenvalue weighted by atomic mass is 16.8. The summed E-state index contributed by atoms with van der Waals surface area (Å²) in [6, 6.07) is 0. The van der Waals surface area contributed by atoms with E-state index in [1.165, 1.54) is 14.0 Å². The summed E-state index contributed by atoms with van der Waals surface area (Å²) in [4.78, 5) is 38.3. The Bertz CT molecular complexity index is 3310. The SMILES string of the molecule is CC[C@@H](C(=O)O)[C@@H]1O[C@@H]([C@@H](C)[C@H](O)[C@H](C)C(=O)[C@H](CC)[C@H]2O[C@]3(C=C[C@@H](O)[C@]4(CC[C@@](C)([C@H]5CC[C@](O)(CC)[C@H](C)O5)O4)O3)[C@H](C)C[C@@H]2C)[C@@H](C)C[C@@H]1C.CO[C@@H]1[C@@H](O)[C@H](C)[C@@](O)(CC(=O)O)O[C@@H]1[C@H](C)[C@H]1O[C@@]2(CC[C@@](C)([C@H]3CC[C@@](C)([C@@H]4O[C@@H]([C@H]5O[C@](C)(O)[C@H](C)C[C@@H]5C)C[C@@H]4O[C@H]4CC[C@H](OC)[C@@H](C)O4)O3)O2)C[C@H](O)[C@H]1C. The molecule has 12 aliphatic heterocycles. The van der Waals surface area contributed by atoms with Crippen LogP contribution in [-0.2, 0) is 85.4 Å². The second-order valence-electron chi connectivity index (χ2n) is 39.2. The van der Waals surface area contributed by atoms with Crippen LogP contribution in [0.4, 0.5) is 0 Å². The quantitative estimate of drug-likeness (QED) is 0.0429. The zero-order chi connectivity index (χ0) is 84.7. The van der Waals surface area contributed by atoms with Gasteiger partial charge in [0.05, 0.1) is 132 Å². The molecular formula is C88H148O27. The van der Waals surface area contributed by atoms with Crippen molar-refractivity contribution in [1.82, 2.24) is 0 Å². The molecule has 27 heteroatoms. The molecule has 0 saturated carbocycles. The van der Waals surface area contributed by atoms with E-state index in [1.807, 2.05) is 83.1 Å². The monoisotopic (exact) mass is 1640 g/mol. The summed E-state index contributed by atoms with van der Waals surface area (Å²) in [7, 11) is 3.14. The summed E-state index contributed by atoms with van der Waals surface area (Å²) in [6.45, 7) is 38.9. The molecule has 12 aliphatic rings. The average Bonchev–Trinajstić information content (AvgIpc) is 1.67. The number of carbonyl (C=O) groups is 3. The van der Waals surface area contributed by atoms with E-state index in [0.29, 0.717) is 89.9 Å². The van der Waals surface area contributed by atoms with Gasteiger partial charge in [0, 0.05) is 93.7 Å². The maximum Gasteiger partial charge on any atom is 0.309 e. The Hall–Kier alpha value is -2.53. The van der Waals surface area contributed by atoms with Crippen LogP contribution in [0.2, 0.25) is 0 Å². The Kier molecular flexibility index (Phi) is 28.8. The molecular weight excluding hydrogens is 1490 g/mol. The van der Waals surface area contributed by atoms with Gasteiger partial charge in [-0.1, -0.05) is 96.9 Å². The molecule has 0 aliphatic carbocycles. The van der Waals surface area contributed by atoms with Crippen molar-refractivity contribution in [2.75, 3.05) is 14.2 Å². The fourth-order valence-corrected chi connectivity index (χ4v) is 23.0. The van der Waals surface area contributed by atoms with Gasteiger partial charge in [-0.3, -0.25) is 14.4 Å². The number of ketones is 1. The number of aliphatic carboxylic acids is 2. The Balaban J connectivity index is 0.000000228. The van der Waals surface area contributed by atoms with Crippen LogP contribution >= 0.6 is 0 Å². The lowest BCUT2D eigenvalue weighted by Crippen LogP contribution is -2.65. The van der Waals surface area contributed by atoms with E-state index in [0.717, 1.165) is 19.3 Å². The normalized spacial score (nSPS) is 51.2. The van der Waals surface area contributed by atoms with E-state index in [1.54, 1.807) is 33.1 Å². The molecule has 662 valence electrons. The van der Waals surface area contributed by atoms with Crippen LogP contribution in [-0.4, -0.2) is 252 Å². The van der Waals surface area contributed by atoms with Crippen molar-refractivity contribution in [2.45, 2.75) is 434 Å². The third-order valence-electron chi connectivity index (χ3n) is 31.0. The molecule has 9 N–H and O–H groups in total. The highest BCUT2D eigenvalue weighted by Crippen LogP contribution is 2.58. The summed E-state index contributed by atoms with van der Waals surface area (Å²) in [6.07, 6.45) is 2.49. The number of ether oxygens (including phenoxy) is 15. The standard InChI is InChI=1S/C45H76O16.C43H72O11/c1-22-18-23(2)43(9,50)58-36(22)30-19-31(55-34-13-12-29(52-10)27(6)54-34)40(56-30)42(8)15-14-32(57-42)41(7)16-17-44(61-41)20-28(46)24(3)37(59-44)25(4)38-39(53-11)35(49)26(5)45(51,60-38)21-33(47)48;1-12-30(35(46)27(8)34(45)28(9)36-23(4)21-24(5)37(51-36)31(13-2)39(47)48)38-25(6)22-26(7)42(52-38)18-15-32(44)43(54-42)20-19-40(11,53-43)33-16-17-41(49,14-3)29(10)50-33/h22-32,34-40,46,49-51H,12-21H2,1-11H3,(H,47,48);15,18,23-34,36-38,44-45,49H,12-14,16-17,19-22H2,1-11H3,(H,47,48)/t22-,23+,24+,25+,26-,27+,28-,29-,30+,31-,32+,34-,35-,36-,37-,38+,39+,40+,41-,42-,43-,44+,45+;23-,24-,25-,26+,27-,28-,29-,30-,31+,32+,33+,34+,36+,37+,38-,40-,41+,42-,43-/m00/s1. The summed E-state index contributed by atoms with van der Waals surface area (Å²) in [5, 5.41) is 99.3. The fourth-order valence-electron chi connectivity index (χ4n) is 23.0. The number of hydrogen-bond acceptors (Lipinski definition) is 25. The average molecular weight is 1640 g/mol. The van der Waals surface area contributed by atoms with Gasteiger partial charge in [0.25, 0.3) is 0 Å². The molecule has 0 aromatic rings. The van der Waals surface area contributed by atoms with Crippen molar-refractivity contribution >= 4 is 17.7 Å². The van der Waals surface area contributed by atoms with E-state index in [-0.39, 0.29) is 103 Å². The smallest absolute Gasteiger partial charge is 0.309 e. The third-order valence-corrected chi connectivity index (χ3v) is 31.0. The molecule has 115 heavy (non-hydrogen) atoms. The number of rotatable bonds is 23. The Labute approximate surface area is 683 Å². The van der Waals surface area contributed by atoms with E-state index in [4.69, 9.17) is 71.1 Å². The van der Waals surface area contributed by atoms with Crippen LogP contribution in [0.1, 0.15) is 260 Å². The molecule has 0 radical (unpaired) electrons. The van der Waals surface area contributed by atoms with Crippen molar-refractivity contribution in [3.63, 3.8) is 0 Å². The molecule has 0 unspecified atom stereocenters. The minimum Gasteiger partial charge on any atom is -0.481 e. The lowest BCUT2D eigenvalue weighted by molar-refractivity contribution is -0.409. The second kappa shape index (κ2) is 35.6. The van der Waals surface area contributed by atoms with Gasteiger partial charge in [0.15, 0.2) is 29.4 Å². The first kappa shape index (κ1) is 93.2. The molecule has 0 bridgehead atoms. The van der Waals surface area contributed by atoms with Crippen LogP contribution in [0.25, 0.3) is 0 Å². The Morgan fingerprint density at radius 1 is 0.591 bits per heavy atom. The van der Waals surface area contributed by atoms with Gasteiger partial charge in [0.1, 0.15) is 24.1 Å². The first-order valence-corrected chi connectivity index (χ1v) is 44.1. The number of Topliss-reactive ketones (excluding diaryl/α,β-unsaturated/α-hetero) is 1. The fraction of sp³-hybridized carbons (Fsp3) is 0.943. The minimum atomic E-state index is -2.15. The summed E-state index contributed by atoms with van der Waals surface area (Å²) in [5.74, 6) is -13.5. The number of carboxylic acid groups (broad SMARTS) is 2. The molecule has 27 nitrogen and oxygen atoms in total. The number of hydrogen-bond donors (Lipinski definition) is 9. The van der Waals surface area contributed by atoms with Crippen LogP contribution in [0, 0.1) is 76.9 Å². The molecule has 0 amide bonds. The van der Waals surface area contributed by atoms with Crippen LogP contribution in [0.15, 0.2) is 12.2 Å². The topological polar surface area (TPSA) is 372 Å². The largest absolute Gasteiger partial charge is 0.481 e. The van der Waals surface area contributed by atoms with E-state index >= 15 is 0 Å². The number of carboxylic acids is 2. The zero-order valence-corrected chi connectivity index (χ0v) is 73.0. The molecule has 0 aromatic carbocycles. The third kappa shape index (κ3) is 18.3. The van der Waals surface area contributed by atoms with Crippen LogP contribution < -0.4 is 0 Å². The van der Waals surface area contributed by atoms with E-state index in [2.05, 4.69) is 34.6 Å². The van der Waals surface area contributed by atoms with Gasteiger partial charge < -0.3 is 117 Å². The summed E-state index contributed by atoms with van der Waals surface area (Å²) < 4.78 is 98.7. The van der Waals surface area contributed by atoms with Crippen molar-refractivity contribution < 1.29 is 131 Å². The number of aliphatic hydroxyl groups is 7. The van der Waals surface area contributed by atoms with Crippen molar-refractivity contribution in [1.29, 1.82) is 0 Å². The molecule has 3 spiro atoms. The lowest BCUT2D eigenvalue weighted by Gasteiger charge is -2.54. The summed E-state index contributed by atoms with van der Waals surface area (Å²) in [5.41, 5.74) is -3.20. The number of carbonyl (C=O) groups excluding carboxylic acids is 1. The van der Waals surface area contributed by atoms with Gasteiger partial charge in [-0.25, -0.2) is 0 Å². The van der Waals surface area contributed by atoms with Crippen molar-refractivity contribution in [2.24, 2.45) is 76.9 Å². The highest BCUT2D eigenvalue weighted by molar-refractivity contribution is 5.84. The number of aliphatic hydroxyl groups excluding tert-OH is 4. The highest BCUT2D eigenvalue weighted by Gasteiger charge is 2.67. The van der Waals surface area contributed by atoms with Gasteiger partial charge in [-0.2, -0.15) is 0 Å². The molecule has 0 aromatic heterocycles. The molecule has 12 rings (SSSR count). The maximum absolute atomic E-state index is 14.5. The lowest BCUT2D eigenvalue weighted by atomic mass is 9.72. The van der Waals surface area contributed by atoms with E-state index < -0.39 is 178 Å². The molecule has 42 atom stereocenters. The van der Waals surface area contributed by atoms with Gasteiger partial charge >= 0.3 is 11.9 Å².